The molecule has 0 saturated heterocycles. The van der Waals surface area contributed by atoms with Crippen LogP contribution in [-0.2, 0) is 13.6 Å². The zero-order valence-corrected chi connectivity index (χ0v) is 13.1. The first-order valence-corrected chi connectivity index (χ1v) is 6.97. The molecule has 2 rings (SSSR count). The molecule has 0 aliphatic heterocycles. The van der Waals surface area contributed by atoms with Crippen molar-refractivity contribution in [3.63, 3.8) is 0 Å². The Balaban J connectivity index is 0.00000200. The number of aryl methyl sites for hydroxylation is 1. The number of aromatic nitrogens is 4. The second kappa shape index (κ2) is 8.78. The van der Waals surface area contributed by atoms with Gasteiger partial charge in [0.2, 0.25) is 5.16 Å². The monoisotopic (exact) mass is 315 g/mol. The van der Waals surface area contributed by atoms with Gasteiger partial charge in [-0.2, -0.15) is 0 Å². The molecule has 0 radical (unpaired) electrons. The van der Waals surface area contributed by atoms with Crippen LogP contribution in [0.25, 0.3) is 0 Å². The van der Waals surface area contributed by atoms with Crippen LogP contribution in [0.2, 0.25) is 0 Å². The van der Waals surface area contributed by atoms with Crippen molar-refractivity contribution in [2.45, 2.75) is 11.7 Å². The minimum atomic E-state index is 0. The molecule has 110 valence electrons. The molecule has 0 fully saturated rings. The van der Waals surface area contributed by atoms with Gasteiger partial charge >= 0.3 is 0 Å². The highest BCUT2D eigenvalue weighted by molar-refractivity contribution is 7.99. The molecule has 0 unspecified atom stereocenters. The van der Waals surface area contributed by atoms with E-state index in [9.17, 15) is 0 Å². The van der Waals surface area contributed by atoms with Crippen molar-refractivity contribution in [1.82, 2.24) is 25.5 Å². The van der Waals surface area contributed by atoms with E-state index >= 15 is 0 Å². The number of ether oxygens (including phenoxy) is 1. The molecule has 0 aliphatic rings. The van der Waals surface area contributed by atoms with Crippen LogP contribution in [0.3, 0.4) is 0 Å². The highest BCUT2D eigenvalue weighted by Crippen LogP contribution is 2.16. The Morgan fingerprint density at radius 1 is 1.35 bits per heavy atom. The molecule has 0 saturated carbocycles. The number of nitrogens with one attached hydrogen (secondary N) is 1. The standard InChI is InChI=1S/C12H17N5OS.ClH/c1-17-12(14-15-16-17)19-8-7-13-9-10-5-3-4-6-11(10)18-2;/h3-6,13H,7-9H2,1-2H3;1H. The molecule has 20 heavy (non-hydrogen) atoms. The first-order valence-electron chi connectivity index (χ1n) is 5.99. The van der Waals surface area contributed by atoms with Crippen molar-refractivity contribution in [3.05, 3.63) is 29.8 Å². The number of hydrogen-bond donors (Lipinski definition) is 1. The molecular formula is C12H18ClN5OS. The lowest BCUT2D eigenvalue weighted by atomic mass is 10.2. The highest BCUT2D eigenvalue weighted by Gasteiger charge is 2.03. The van der Waals surface area contributed by atoms with E-state index in [1.54, 1.807) is 23.6 Å². The van der Waals surface area contributed by atoms with E-state index in [-0.39, 0.29) is 12.4 Å². The number of halogens is 1. The van der Waals surface area contributed by atoms with E-state index in [2.05, 4.69) is 26.9 Å². The first-order chi connectivity index (χ1) is 9.31. The minimum absolute atomic E-state index is 0. The van der Waals surface area contributed by atoms with E-state index in [1.807, 2.05) is 25.2 Å². The zero-order valence-electron chi connectivity index (χ0n) is 11.4. The maximum atomic E-state index is 5.30. The number of hydrogen-bond acceptors (Lipinski definition) is 6. The van der Waals surface area contributed by atoms with Crippen molar-refractivity contribution in [2.24, 2.45) is 7.05 Å². The molecule has 0 atom stereocenters. The molecule has 0 spiro atoms. The molecule has 6 nitrogen and oxygen atoms in total. The number of methoxy groups -OCH3 is 1. The number of tetrazole rings is 1. The number of benzene rings is 1. The smallest absolute Gasteiger partial charge is 0.209 e. The predicted molar refractivity (Wildman–Crippen MR) is 81.5 cm³/mol. The fourth-order valence-corrected chi connectivity index (χ4v) is 2.38. The van der Waals surface area contributed by atoms with Crippen LogP contribution in [0.4, 0.5) is 0 Å². The van der Waals surface area contributed by atoms with E-state index in [4.69, 9.17) is 4.74 Å². The lowest BCUT2D eigenvalue weighted by Gasteiger charge is -2.08. The molecule has 1 N–H and O–H groups in total. The van der Waals surface area contributed by atoms with Crippen molar-refractivity contribution < 1.29 is 4.74 Å². The Hall–Kier alpha value is -1.31. The SMILES string of the molecule is COc1ccccc1CNCCSc1nnnn1C.Cl. The molecule has 1 heterocycles. The molecular weight excluding hydrogens is 298 g/mol. The van der Waals surface area contributed by atoms with Gasteiger partial charge in [-0.15, -0.1) is 17.5 Å². The second-order valence-corrected chi connectivity index (χ2v) is 4.98. The van der Waals surface area contributed by atoms with Gasteiger partial charge in [0, 0.05) is 31.5 Å². The van der Waals surface area contributed by atoms with E-state index in [1.165, 1.54) is 0 Å². The molecule has 8 heteroatoms. The summed E-state index contributed by atoms with van der Waals surface area (Å²) in [4.78, 5) is 0. The average Bonchev–Trinajstić information content (AvgIpc) is 2.84. The summed E-state index contributed by atoms with van der Waals surface area (Å²) in [6.07, 6.45) is 0. The van der Waals surface area contributed by atoms with Gasteiger partial charge in [0.25, 0.3) is 0 Å². The molecule has 0 bridgehead atoms. The minimum Gasteiger partial charge on any atom is -0.496 e. The van der Waals surface area contributed by atoms with Crippen LogP contribution < -0.4 is 10.1 Å². The summed E-state index contributed by atoms with van der Waals surface area (Å²) in [7, 11) is 3.53. The van der Waals surface area contributed by atoms with Gasteiger partial charge in [0.15, 0.2) is 0 Å². The third kappa shape index (κ3) is 4.66. The lowest BCUT2D eigenvalue weighted by molar-refractivity contribution is 0.408. The summed E-state index contributed by atoms with van der Waals surface area (Å²) in [5.41, 5.74) is 1.16. The molecule has 2 aromatic rings. The number of para-hydroxylation sites is 1. The molecule has 1 aromatic heterocycles. The van der Waals surface area contributed by atoms with Crippen molar-refractivity contribution >= 4 is 24.2 Å². The van der Waals surface area contributed by atoms with Crippen molar-refractivity contribution in [2.75, 3.05) is 19.4 Å². The fourth-order valence-electron chi connectivity index (χ4n) is 1.63. The molecule has 0 aliphatic carbocycles. The van der Waals surface area contributed by atoms with Gasteiger partial charge < -0.3 is 10.1 Å². The number of rotatable bonds is 7. The van der Waals surface area contributed by atoms with Crippen LogP contribution in [0.5, 0.6) is 5.75 Å². The average molecular weight is 316 g/mol. The summed E-state index contributed by atoms with van der Waals surface area (Å²) in [5.74, 6) is 1.84. The van der Waals surface area contributed by atoms with Gasteiger partial charge in [0.05, 0.1) is 7.11 Å². The van der Waals surface area contributed by atoms with Crippen LogP contribution in [0, 0.1) is 0 Å². The van der Waals surface area contributed by atoms with E-state index in [0.29, 0.717) is 0 Å². The van der Waals surface area contributed by atoms with Crippen LogP contribution in [-0.4, -0.2) is 39.6 Å². The summed E-state index contributed by atoms with van der Waals surface area (Å²) >= 11 is 1.63. The van der Waals surface area contributed by atoms with Gasteiger partial charge in [-0.05, 0) is 16.5 Å². The highest BCUT2D eigenvalue weighted by atomic mass is 35.5. The van der Waals surface area contributed by atoms with Gasteiger partial charge in [-0.3, -0.25) is 0 Å². The van der Waals surface area contributed by atoms with Crippen molar-refractivity contribution in [1.29, 1.82) is 0 Å². The summed E-state index contributed by atoms with van der Waals surface area (Å²) in [6.45, 7) is 1.68. The van der Waals surface area contributed by atoms with Gasteiger partial charge in [0.1, 0.15) is 5.75 Å². The maximum Gasteiger partial charge on any atom is 0.209 e. The van der Waals surface area contributed by atoms with Crippen LogP contribution >= 0.6 is 24.2 Å². The van der Waals surface area contributed by atoms with Crippen molar-refractivity contribution in [3.8, 4) is 5.75 Å². The van der Waals surface area contributed by atoms with E-state index < -0.39 is 0 Å². The second-order valence-electron chi connectivity index (χ2n) is 3.92. The van der Waals surface area contributed by atoms with Gasteiger partial charge in [-0.25, -0.2) is 4.68 Å². The zero-order chi connectivity index (χ0) is 13.5. The third-order valence-corrected chi connectivity index (χ3v) is 3.61. The summed E-state index contributed by atoms with van der Waals surface area (Å²) in [6, 6.07) is 8.02. The Bertz CT molecular complexity index is 522. The quantitative estimate of drug-likeness (QED) is 0.617. The normalized spacial score (nSPS) is 10.1. The third-order valence-electron chi connectivity index (χ3n) is 2.60. The topological polar surface area (TPSA) is 64.9 Å². The van der Waals surface area contributed by atoms with E-state index in [0.717, 1.165) is 35.3 Å². The summed E-state index contributed by atoms with van der Waals surface area (Å²) in [5, 5.41) is 15.5. The predicted octanol–water partition coefficient (Wildman–Crippen LogP) is 1.52. The van der Waals surface area contributed by atoms with Crippen LogP contribution in [0.1, 0.15) is 5.56 Å². The van der Waals surface area contributed by atoms with Gasteiger partial charge in [-0.1, -0.05) is 30.0 Å². The Kier molecular flexibility index (Phi) is 7.35. The number of thioether (sulfide) groups is 1. The first kappa shape index (κ1) is 16.7. The fraction of sp³-hybridized carbons (Fsp3) is 0.417. The lowest BCUT2D eigenvalue weighted by Crippen LogP contribution is -2.17. The van der Waals surface area contributed by atoms with Crippen LogP contribution in [0.15, 0.2) is 29.4 Å². The summed E-state index contributed by atoms with van der Waals surface area (Å²) < 4.78 is 6.97. The maximum absolute atomic E-state index is 5.30. The number of nitrogens with zero attached hydrogens (tertiary/aromatic N) is 4. The Labute approximate surface area is 128 Å². The Morgan fingerprint density at radius 3 is 2.85 bits per heavy atom. The molecule has 0 amide bonds. The molecule has 1 aromatic carbocycles. The Morgan fingerprint density at radius 2 is 2.15 bits per heavy atom. The largest absolute Gasteiger partial charge is 0.496 e.